The lowest BCUT2D eigenvalue weighted by Gasteiger charge is -2.32. The number of hydrogen-bond donors (Lipinski definition) is 0. The number of rotatable bonds is 3. The van der Waals surface area contributed by atoms with Gasteiger partial charge in [-0.1, -0.05) is 30.0 Å². The summed E-state index contributed by atoms with van der Waals surface area (Å²) >= 11 is 0. The van der Waals surface area contributed by atoms with E-state index in [0.717, 1.165) is 11.1 Å². The topological polar surface area (TPSA) is 36.3 Å². The molecule has 1 aromatic carbocycles. The molecule has 0 bridgehead atoms. The number of benzene rings is 1. The number of aromatic nitrogens is 2. The van der Waals surface area contributed by atoms with E-state index in [4.69, 9.17) is 9.31 Å². The Balaban J connectivity index is 1.88. The summed E-state index contributed by atoms with van der Waals surface area (Å²) in [7, 11) is -1.01. The van der Waals surface area contributed by atoms with Crippen molar-refractivity contribution in [2.75, 3.05) is 0 Å². The van der Waals surface area contributed by atoms with E-state index in [1.807, 2.05) is 62.7 Å². The zero-order valence-electron chi connectivity index (χ0n) is 16.4. The van der Waals surface area contributed by atoms with Gasteiger partial charge in [0, 0.05) is 18.0 Å². The molecule has 0 atom stereocenters. The molecule has 1 aromatic heterocycles. The van der Waals surface area contributed by atoms with Crippen molar-refractivity contribution in [1.82, 2.24) is 9.55 Å². The number of imidazole rings is 1. The highest BCUT2D eigenvalue weighted by Crippen LogP contribution is 2.40. The van der Waals surface area contributed by atoms with Gasteiger partial charge in [-0.25, -0.2) is 9.37 Å². The van der Waals surface area contributed by atoms with Crippen LogP contribution in [0.5, 0.6) is 0 Å². The van der Waals surface area contributed by atoms with Crippen molar-refractivity contribution in [2.45, 2.75) is 52.4 Å². The Hall–Kier alpha value is -2.36. The van der Waals surface area contributed by atoms with Gasteiger partial charge in [0.15, 0.2) is 0 Å². The molecule has 0 N–H and O–H groups in total. The molecule has 3 rings (SSSR count). The van der Waals surface area contributed by atoms with Crippen molar-refractivity contribution in [2.24, 2.45) is 0 Å². The van der Waals surface area contributed by atoms with E-state index in [9.17, 15) is 0 Å². The second-order valence-electron chi connectivity index (χ2n) is 7.64. The van der Waals surface area contributed by atoms with Crippen LogP contribution in [0.15, 0.2) is 48.7 Å². The lowest BCUT2D eigenvalue weighted by molar-refractivity contribution is 0.00578. The fourth-order valence-corrected chi connectivity index (χ4v) is 2.78. The van der Waals surface area contributed by atoms with E-state index < -0.39 is 24.0 Å². The normalized spacial score (nSPS) is 18.7. The van der Waals surface area contributed by atoms with Crippen molar-refractivity contribution in [3.8, 4) is 11.8 Å². The molecule has 0 saturated carbocycles. The summed E-state index contributed by atoms with van der Waals surface area (Å²) in [5.74, 6) is 6.23. The van der Waals surface area contributed by atoms with Crippen molar-refractivity contribution in [3.63, 3.8) is 0 Å². The molecule has 1 fully saturated rings. The lowest BCUT2D eigenvalue weighted by Crippen LogP contribution is -2.41. The molecule has 1 aliphatic rings. The van der Waals surface area contributed by atoms with Crippen molar-refractivity contribution < 1.29 is 13.7 Å². The van der Waals surface area contributed by atoms with Crippen LogP contribution in [0.25, 0.3) is 5.57 Å². The van der Waals surface area contributed by atoms with Gasteiger partial charge in [-0.05, 0) is 51.8 Å². The average Bonchev–Trinajstić information content (AvgIpc) is 3.20. The zero-order chi connectivity index (χ0) is 19.7. The summed E-state index contributed by atoms with van der Waals surface area (Å²) in [5, 5.41) is 0. The molecule has 27 heavy (non-hydrogen) atoms. The lowest BCUT2D eigenvalue weighted by atomic mass is 9.82. The van der Waals surface area contributed by atoms with Gasteiger partial charge in [0.1, 0.15) is 5.73 Å². The van der Waals surface area contributed by atoms with Gasteiger partial charge in [-0.3, -0.25) is 0 Å². The summed E-state index contributed by atoms with van der Waals surface area (Å²) in [6.45, 7) is 9.89. The van der Waals surface area contributed by atoms with E-state index in [0.29, 0.717) is 12.1 Å². The fourth-order valence-electron chi connectivity index (χ4n) is 2.78. The van der Waals surface area contributed by atoms with Gasteiger partial charge < -0.3 is 13.9 Å². The van der Waals surface area contributed by atoms with E-state index in [1.165, 1.54) is 0 Å². The van der Waals surface area contributed by atoms with E-state index in [2.05, 4.69) is 16.8 Å². The summed E-state index contributed by atoms with van der Waals surface area (Å²) in [6, 6.07) is 7.51. The first-order chi connectivity index (χ1) is 12.7. The predicted octanol–water partition coefficient (Wildman–Crippen LogP) is 4.27. The molecule has 6 heteroatoms. The molecule has 2 heterocycles. The van der Waals surface area contributed by atoms with Crippen LogP contribution in [0.2, 0.25) is 0 Å². The molecule has 0 unspecified atom stereocenters. The van der Waals surface area contributed by atoms with E-state index in [-0.39, 0.29) is 0 Å². The Morgan fingerprint density at radius 2 is 1.85 bits per heavy atom. The summed E-state index contributed by atoms with van der Waals surface area (Å²) in [5.41, 5.74) is 0.391. The minimum atomic E-state index is -1.01. The minimum absolute atomic E-state index is 0.419. The van der Waals surface area contributed by atoms with Crippen LogP contribution in [0.3, 0.4) is 0 Å². The number of nitrogens with zero attached hydrogens (tertiary/aromatic N) is 2. The van der Waals surface area contributed by atoms with Crippen LogP contribution >= 0.6 is 0 Å². The van der Waals surface area contributed by atoms with Crippen LogP contribution in [0.4, 0.5) is 4.39 Å². The maximum Gasteiger partial charge on any atom is 0.525 e. The molecular formula is C21H24BFN2O2. The van der Waals surface area contributed by atoms with Gasteiger partial charge in [-0.15, -0.1) is 0 Å². The van der Waals surface area contributed by atoms with Crippen LogP contribution in [0, 0.1) is 11.8 Å². The zero-order valence-corrected chi connectivity index (χ0v) is 16.4. The maximum absolute atomic E-state index is 15.2. The Morgan fingerprint density at radius 3 is 2.48 bits per heavy atom. The van der Waals surface area contributed by atoms with Crippen molar-refractivity contribution >= 4 is 12.7 Å². The SMILES string of the molecule is CC(=C(F)B1OC(C)(C)C(C)(C)O1)c1ccccc1C#CCn1ccnc1. The van der Waals surface area contributed by atoms with Crippen molar-refractivity contribution in [1.29, 1.82) is 0 Å². The molecule has 4 nitrogen and oxygen atoms in total. The second kappa shape index (κ2) is 7.34. The Labute approximate surface area is 160 Å². The quantitative estimate of drug-likeness (QED) is 0.601. The Bertz CT molecular complexity index is 892. The highest BCUT2D eigenvalue weighted by atomic mass is 19.1. The average molecular weight is 366 g/mol. The van der Waals surface area contributed by atoms with Gasteiger partial charge in [0.25, 0.3) is 0 Å². The van der Waals surface area contributed by atoms with E-state index >= 15 is 4.39 Å². The van der Waals surface area contributed by atoms with Gasteiger partial charge in [-0.2, -0.15) is 0 Å². The molecule has 140 valence electrons. The number of hydrogen-bond acceptors (Lipinski definition) is 3. The molecule has 2 aromatic rings. The predicted molar refractivity (Wildman–Crippen MR) is 105 cm³/mol. The Morgan fingerprint density at radius 1 is 1.19 bits per heavy atom. The largest absolute Gasteiger partial charge is 0.525 e. The number of allylic oxidation sites excluding steroid dienone is 1. The van der Waals surface area contributed by atoms with Crippen LogP contribution < -0.4 is 0 Å². The smallest absolute Gasteiger partial charge is 0.398 e. The first kappa shape index (κ1) is 19.4. The molecule has 0 radical (unpaired) electrons. The van der Waals surface area contributed by atoms with Crippen LogP contribution in [-0.4, -0.2) is 27.9 Å². The third-order valence-corrected chi connectivity index (χ3v) is 5.19. The summed E-state index contributed by atoms with van der Waals surface area (Å²) in [6.07, 6.45) is 5.27. The highest BCUT2D eigenvalue weighted by Gasteiger charge is 2.53. The summed E-state index contributed by atoms with van der Waals surface area (Å²) in [4.78, 5) is 3.99. The number of halogens is 1. The molecular weight excluding hydrogens is 342 g/mol. The van der Waals surface area contributed by atoms with Gasteiger partial charge >= 0.3 is 7.12 Å². The molecule has 1 aliphatic heterocycles. The summed E-state index contributed by atoms with van der Waals surface area (Å²) < 4.78 is 28.7. The monoisotopic (exact) mass is 366 g/mol. The standard InChI is InChI=1S/C21H24BFN2O2/c1-16(19(23)22-26-20(2,3)21(4,5)27-22)18-11-7-6-9-17(18)10-8-13-25-14-12-24-15-25/h6-7,9,11-12,14-15H,13H2,1-5H3. The first-order valence-electron chi connectivity index (χ1n) is 8.97. The maximum atomic E-state index is 15.2. The third-order valence-electron chi connectivity index (χ3n) is 5.19. The molecule has 0 spiro atoms. The van der Waals surface area contributed by atoms with E-state index in [1.54, 1.807) is 19.4 Å². The highest BCUT2D eigenvalue weighted by molar-refractivity contribution is 6.55. The molecule has 0 amide bonds. The fraction of sp³-hybridized carbons (Fsp3) is 0.381. The Kier molecular flexibility index (Phi) is 5.28. The van der Waals surface area contributed by atoms with Gasteiger partial charge in [0.05, 0.1) is 24.1 Å². The first-order valence-corrected chi connectivity index (χ1v) is 8.97. The second-order valence-corrected chi connectivity index (χ2v) is 7.64. The third kappa shape index (κ3) is 4.00. The minimum Gasteiger partial charge on any atom is -0.398 e. The van der Waals surface area contributed by atoms with Gasteiger partial charge in [0.2, 0.25) is 0 Å². The van der Waals surface area contributed by atoms with Crippen LogP contribution in [-0.2, 0) is 15.9 Å². The molecule has 0 aliphatic carbocycles. The van der Waals surface area contributed by atoms with Crippen LogP contribution in [0.1, 0.15) is 45.7 Å². The van der Waals surface area contributed by atoms with Crippen molar-refractivity contribution in [3.05, 3.63) is 59.8 Å². The molecule has 1 saturated heterocycles.